The maximum Gasteiger partial charge on any atom is 0.149 e. The first-order chi connectivity index (χ1) is 9.28. The zero-order valence-electron chi connectivity index (χ0n) is 10.1. The number of nitrogens with zero attached hydrogens (tertiary/aromatic N) is 1. The normalized spacial score (nSPS) is 10.8. The summed E-state index contributed by atoms with van der Waals surface area (Å²) in [5.74, 6) is 5.67. The lowest BCUT2D eigenvalue weighted by Gasteiger charge is -2.09. The topological polar surface area (TPSA) is 50.9 Å². The fraction of sp³-hybridized carbons (Fsp3) is 0.0714. The zero-order valence-corrected chi connectivity index (χ0v) is 10.9. The van der Waals surface area contributed by atoms with Gasteiger partial charge in [-0.05, 0) is 23.6 Å². The van der Waals surface area contributed by atoms with E-state index < -0.39 is 0 Å². The van der Waals surface area contributed by atoms with E-state index in [1.54, 1.807) is 17.4 Å². The molecule has 0 atom stereocenters. The number of thiophene rings is 1. The maximum atomic E-state index is 13.7. The molecule has 1 aromatic carbocycles. The number of hydrogen-bond donors (Lipinski definition) is 2. The van der Waals surface area contributed by atoms with Crippen molar-refractivity contribution in [1.82, 2.24) is 4.98 Å². The molecule has 0 unspecified atom stereocenters. The lowest BCUT2D eigenvalue weighted by molar-refractivity contribution is 0.637. The van der Waals surface area contributed by atoms with Crippen LogP contribution in [-0.2, 0) is 6.42 Å². The quantitative estimate of drug-likeness (QED) is 0.568. The summed E-state index contributed by atoms with van der Waals surface area (Å²) in [6.45, 7) is 0. The van der Waals surface area contributed by atoms with Crippen LogP contribution in [0.3, 0.4) is 0 Å². The monoisotopic (exact) mass is 273 g/mol. The largest absolute Gasteiger partial charge is 0.308 e. The standard InChI is InChI=1S/C14H12FN3S/c15-12-5-1-3-9-7-10(8-11-4-2-6-19-11)14(18-16)17-13(9)12/h1-7H,8,16H2,(H,17,18). The minimum absolute atomic E-state index is 0.336. The predicted octanol–water partition coefficient (Wildman–Crippen LogP) is 3.31. The highest BCUT2D eigenvalue weighted by atomic mass is 32.1. The van der Waals surface area contributed by atoms with E-state index in [4.69, 9.17) is 5.84 Å². The number of rotatable bonds is 3. The summed E-state index contributed by atoms with van der Waals surface area (Å²) in [6, 6.07) is 10.9. The molecule has 2 aromatic heterocycles. The molecule has 19 heavy (non-hydrogen) atoms. The smallest absolute Gasteiger partial charge is 0.149 e. The SMILES string of the molecule is NNc1nc2c(F)cccc2cc1Cc1cccs1. The Bertz CT molecular complexity index is 710. The predicted molar refractivity (Wildman–Crippen MR) is 76.6 cm³/mol. The van der Waals surface area contributed by atoms with E-state index in [0.717, 1.165) is 17.4 Å². The van der Waals surface area contributed by atoms with Crippen molar-refractivity contribution in [3.8, 4) is 0 Å². The molecule has 0 aliphatic carbocycles. The number of halogens is 1. The van der Waals surface area contributed by atoms with Gasteiger partial charge in [0, 0.05) is 22.2 Å². The van der Waals surface area contributed by atoms with Gasteiger partial charge < -0.3 is 5.43 Å². The number of aromatic nitrogens is 1. The Hall–Kier alpha value is -1.98. The number of fused-ring (bicyclic) bond motifs is 1. The number of hydrazine groups is 1. The molecule has 3 aromatic rings. The molecule has 3 nitrogen and oxygen atoms in total. The molecule has 3 N–H and O–H groups in total. The van der Waals surface area contributed by atoms with Crippen molar-refractivity contribution in [3.05, 3.63) is 58.0 Å². The van der Waals surface area contributed by atoms with E-state index in [0.29, 0.717) is 11.3 Å². The summed E-state index contributed by atoms with van der Waals surface area (Å²) in [7, 11) is 0. The van der Waals surface area contributed by atoms with Crippen molar-refractivity contribution in [2.45, 2.75) is 6.42 Å². The summed E-state index contributed by atoms with van der Waals surface area (Å²) in [5, 5.41) is 2.81. The third kappa shape index (κ3) is 2.30. The molecule has 0 bridgehead atoms. The molecular formula is C14H12FN3S. The average molecular weight is 273 g/mol. The number of nitrogens with two attached hydrogens (primary N) is 1. The van der Waals surface area contributed by atoms with Gasteiger partial charge in [0.25, 0.3) is 0 Å². The Morgan fingerprint density at radius 2 is 2.16 bits per heavy atom. The van der Waals surface area contributed by atoms with Crippen LogP contribution in [0.1, 0.15) is 10.4 Å². The van der Waals surface area contributed by atoms with Crippen molar-refractivity contribution in [2.24, 2.45) is 5.84 Å². The maximum absolute atomic E-state index is 13.7. The van der Waals surface area contributed by atoms with Crippen molar-refractivity contribution in [1.29, 1.82) is 0 Å². The van der Waals surface area contributed by atoms with Crippen LogP contribution >= 0.6 is 11.3 Å². The molecule has 3 rings (SSSR count). The number of para-hydroxylation sites is 1. The van der Waals surface area contributed by atoms with Crippen molar-refractivity contribution in [2.75, 3.05) is 5.43 Å². The molecular weight excluding hydrogens is 261 g/mol. The molecule has 0 fully saturated rings. The molecule has 96 valence electrons. The molecule has 0 radical (unpaired) electrons. The minimum Gasteiger partial charge on any atom is -0.308 e. The lowest BCUT2D eigenvalue weighted by atomic mass is 10.1. The molecule has 5 heteroatoms. The van der Waals surface area contributed by atoms with Crippen LogP contribution in [0.25, 0.3) is 10.9 Å². The Labute approximate surface area is 113 Å². The van der Waals surface area contributed by atoms with Gasteiger partial charge in [-0.25, -0.2) is 15.2 Å². The van der Waals surface area contributed by atoms with Gasteiger partial charge in [0.2, 0.25) is 0 Å². The van der Waals surface area contributed by atoms with Gasteiger partial charge >= 0.3 is 0 Å². The third-order valence-corrected chi connectivity index (χ3v) is 3.83. The number of hydrogen-bond acceptors (Lipinski definition) is 4. The minimum atomic E-state index is -0.336. The van der Waals surface area contributed by atoms with E-state index in [1.165, 1.54) is 10.9 Å². The average Bonchev–Trinajstić information content (AvgIpc) is 2.91. The van der Waals surface area contributed by atoms with Crippen LogP contribution in [0.15, 0.2) is 41.8 Å². The fourth-order valence-electron chi connectivity index (χ4n) is 2.07. The van der Waals surface area contributed by atoms with Gasteiger partial charge in [0.05, 0.1) is 0 Å². The van der Waals surface area contributed by atoms with E-state index in [9.17, 15) is 4.39 Å². The second-order valence-electron chi connectivity index (χ2n) is 4.21. The van der Waals surface area contributed by atoms with E-state index in [2.05, 4.69) is 16.5 Å². The Balaban J connectivity index is 2.13. The van der Waals surface area contributed by atoms with Crippen LogP contribution < -0.4 is 11.3 Å². The summed E-state index contributed by atoms with van der Waals surface area (Å²) < 4.78 is 13.7. The molecule has 0 spiro atoms. The van der Waals surface area contributed by atoms with Gasteiger partial charge in [-0.1, -0.05) is 18.2 Å². The van der Waals surface area contributed by atoms with E-state index in [1.807, 2.05) is 23.6 Å². The van der Waals surface area contributed by atoms with Crippen LogP contribution in [0.4, 0.5) is 10.2 Å². The second-order valence-corrected chi connectivity index (χ2v) is 5.24. The summed E-state index contributed by atoms with van der Waals surface area (Å²) in [5.41, 5.74) is 3.85. The van der Waals surface area contributed by atoms with Gasteiger partial charge in [-0.15, -0.1) is 11.3 Å². The van der Waals surface area contributed by atoms with Crippen molar-refractivity contribution >= 4 is 28.1 Å². The highest BCUT2D eigenvalue weighted by Crippen LogP contribution is 2.25. The van der Waals surface area contributed by atoms with Gasteiger partial charge in [0.15, 0.2) is 0 Å². The van der Waals surface area contributed by atoms with E-state index in [-0.39, 0.29) is 5.82 Å². The fourth-order valence-corrected chi connectivity index (χ4v) is 2.79. The van der Waals surface area contributed by atoms with Gasteiger partial charge in [-0.3, -0.25) is 0 Å². The molecule has 0 aliphatic rings. The van der Waals surface area contributed by atoms with Crippen LogP contribution in [-0.4, -0.2) is 4.98 Å². The highest BCUT2D eigenvalue weighted by Gasteiger charge is 2.10. The third-order valence-electron chi connectivity index (χ3n) is 2.96. The molecule has 0 saturated heterocycles. The number of benzene rings is 1. The van der Waals surface area contributed by atoms with E-state index >= 15 is 0 Å². The molecule has 0 saturated carbocycles. The van der Waals surface area contributed by atoms with Crippen LogP contribution in [0.5, 0.6) is 0 Å². The van der Waals surface area contributed by atoms with Gasteiger partial charge in [0.1, 0.15) is 17.2 Å². The number of pyridine rings is 1. The first-order valence-electron chi connectivity index (χ1n) is 5.85. The van der Waals surface area contributed by atoms with Gasteiger partial charge in [-0.2, -0.15) is 0 Å². The van der Waals surface area contributed by atoms with Crippen LogP contribution in [0, 0.1) is 5.82 Å². The van der Waals surface area contributed by atoms with Crippen molar-refractivity contribution in [3.63, 3.8) is 0 Å². The summed E-state index contributed by atoms with van der Waals surface area (Å²) in [4.78, 5) is 5.48. The first-order valence-corrected chi connectivity index (χ1v) is 6.73. The number of nitrogens with one attached hydrogen (secondary N) is 1. The van der Waals surface area contributed by atoms with Crippen molar-refractivity contribution < 1.29 is 4.39 Å². The lowest BCUT2D eigenvalue weighted by Crippen LogP contribution is -2.11. The molecule has 2 heterocycles. The summed E-state index contributed by atoms with van der Waals surface area (Å²) in [6.07, 6.45) is 0.733. The molecule has 0 amide bonds. The highest BCUT2D eigenvalue weighted by molar-refractivity contribution is 7.09. The Morgan fingerprint density at radius 3 is 2.89 bits per heavy atom. The number of nitrogen functional groups attached to an aromatic ring is 1. The first kappa shape index (κ1) is 12.1. The Morgan fingerprint density at radius 1 is 1.26 bits per heavy atom. The molecule has 0 aliphatic heterocycles. The second kappa shape index (κ2) is 4.95. The summed E-state index contributed by atoms with van der Waals surface area (Å²) >= 11 is 1.68. The Kier molecular flexibility index (Phi) is 3.15. The zero-order chi connectivity index (χ0) is 13.2. The van der Waals surface area contributed by atoms with Crippen LogP contribution in [0.2, 0.25) is 0 Å². The number of anilines is 1.